The van der Waals surface area contributed by atoms with Crippen LogP contribution in [0.2, 0.25) is 0 Å². The number of rotatable bonds is 2. The Labute approximate surface area is 109 Å². The molecule has 0 aromatic rings. The first-order chi connectivity index (χ1) is 8.20. The molecule has 0 spiro atoms. The lowest BCUT2D eigenvalue weighted by Crippen LogP contribution is -2.48. The summed E-state index contributed by atoms with van der Waals surface area (Å²) in [6.45, 7) is 7.33. The van der Waals surface area contributed by atoms with Gasteiger partial charge in [-0.05, 0) is 32.7 Å². The summed E-state index contributed by atoms with van der Waals surface area (Å²) in [5.74, 6) is 1.80. The van der Waals surface area contributed by atoms with E-state index in [1.807, 2.05) is 11.8 Å². The maximum absolute atomic E-state index is 12.4. The Hall–Kier alpha value is -0.220. The van der Waals surface area contributed by atoms with Gasteiger partial charge in [-0.15, -0.1) is 0 Å². The van der Waals surface area contributed by atoms with Crippen LogP contribution in [-0.4, -0.2) is 47.5 Å². The molecule has 2 heterocycles. The lowest BCUT2D eigenvalue weighted by Gasteiger charge is -2.36. The number of piperidine rings is 1. The predicted molar refractivity (Wildman–Crippen MR) is 73.3 cm³/mol. The number of hydrogen-bond donors (Lipinski definition) is 1. The minimum Gasteiger partial charge on any atom is -0.341 e. The fourth-order valence-electron chi connectivity index (χ4n) is 2.78. The molecule has 1 N–H and O–H groups in total. The predicted octanol–water partition coefficient (Wildman–Crippen LogP) is 1.73. The van der Waals surface area contributed by atoms with Crippen LogP contribution in [0, 0.1) is 5.92 Å². The average molecular weight is 256 g/mol. The molecule has 0 saturated carbocycles. The number of nitrogens with one attached hydrogen (secondary N) is 1. The summed E-state index contributed by atoms with van der Waals surface area (Å²) >= 11 is 2.03. The number of hydrogen-bond acceptors (Lipinski definition) is 3. The van der Waals surface area contributed by atoms with Crippen LogP contribution in [0.3, 0.4) is 0 Å². The number of carbonyl (C=O) groups excluding carboxylic acids is 1. The standard InChI is InChI=1S/C13H24N2OS/c1-3-12-9-15(6-7-17-12)13(16)11-4-5-14-10(2)8-11/h10-12,14H,3-9H2,1-2H3. The summed E-state index contributed by atoms with van der Waals surface area (Å²) in [6.07, 6.45) is 3.21. The van der Waals surface area contributed by atoms with Crippen molar-refractivity contribution in [3.05, 3.63) is 0 Å². The Balaban J connectivity index is 1.89. The van der Waals surface area contributed by atoms with Crippen LogP contribution < -0.4 is 5.32 Å². The van der Waals surface area contributed by atoms with Gasteiger partial charge in [-0.3, -0.25) is 4.79 Å². The second-order valence-corrected chi connectivity index (χ2v) is 6.67. The van der Waals surface area contributed by atoms with Crippen LogP contribution in [0.4, 0.5) is 0 Å². The molecule has 2 saturated heterocycles. The van der Waals surface area contributed by atoms with E-state index >= 15 is 0 Å². The molecular formula is C13H24N2OS. The van der Waals surface area contributed by atoms with Crippen LogP contribution in [0.1, 0.15) is 33.1 Å². The molecule has 2 rings (SSSR count). The van der Waals surface area contributed by atoms with Crippen LogP contribution >= 0.6 is 11.8 Å². The molecule has 3 nitrogen and oxygen atoms in total. The monoisotopic (exact) mass is 256 g/mol. The van der Waals surface area contributed by atoms with E-state index in [2.05, 4.69) is 24.1 Å². The lowest BCUT2D eigenvalue weighted by atomic mass is 9.92. The van der Waals surface area contributed by atoms with Crippen molar-refractivity contribution in [2.24, 2.45) is 5.92 Å². The van der Waals surface area contributed by atoms with Gasteiger partial charge in [0.15, 0.2) is 0 Å². The summed E-state index contributed by atoms with van der Waals surface area (Å²) in [7, 11) is 0. The minimum atomic E-state index is 0.270. The zero-order chi connectivity index (χ0) is 12.3. The first-order valence-electron chi connectivity index (χ1n) is 6.84. The Kier molecular flexibility index (Phi) is 4.74. The van der Waals surface area contributed by atoms with Crippen molar-refractivity contribution in [3.8, 4) is 0 Å². The van der Waals surface area contributed by atoms with Crippen molar-refractivity contribution >= 4 is 17.7 Å². The summed E-state index contributed by atoms with van der Waals surface area (Å²) < 4.78 is 0. The summed E-state index contributed by atoms with van der Waals surface area (Å²) in [6, 6.07) is 0.499. The molecule has 0 bridgehead atoms. The topological polar surface area (TPSA) is 32.3 Å². The van der Waals surface area contributed by atoms with Gasteiger partial charge in [0.2, 0.25) is 5.91 Å². The Morgan fingerprint density at radius 2 is 2.35 bits per heavy atom. The van der Waals surface area contributed by atoms with Crippen LogP contribution in [0.25, 0.3) is 0 Å². The Bertz CT molecular complexity index is 272. The zero-order valence-corrected chi connectivity index (χ0v) is 11.8. The molecule has 1 amide bonds. The third kappa shape index (κ3) is 3.38. The normalized spacial score (nSPS) is 34.7. The van der Waals surface area contributed by atoms with Crippen molar-refractivity contribution < 1.29 is 4.79 Å². The molecule has 17 heavy (non-hydrogen) atoms. The van der Waals surface area contributed by atoms with Gasteiger partial charge in [0.1, 0.15) is 0 Å². The molecule has 3 unspecified atom stereocenters. The van der Waals surface area contributed by atoms with Gasteiger partial charge >= 0.3 is 0 Å². The summed E-state index contributed by atoms with van der Waals surface area (Å²) in [5.41, 5.74) is 0. The molecule has 2 aliphatic rings. The van der Waals surface area contributed by atoms with Gasteiger partial charge in [-0.25, -0.2) is 0 Å². The van der Waals surface area contributed by atoms with Crippen molar-refractivity contribution in [1.29, 1.82) is 0 Å². The van der Waals surface area contributed by atoms with Gasteiger partial charge < -0.3 is 10.2 Å². The van der Waals surface area contributed by atoms with Gasteiger partial charge in [-0.1, -0.05) is 6.92 Å². The van der Waals surface area contributed by atoms with Gasteiger partial charge in [0, 0.05) is 36.1 Å². The average Bonchev–Trinajstić information content (AvgIpc) is 2.38. The number of carbonyl (C=O) groups is 1. The highest BCUT2D eigenvalue weighted by Gasteiger charge is 2.31. The highest BCUT2D eigenvalue weighted by atomic mass is 32.2. The summed E-state index contributed by atoms with van der Waals surface area (Å²) in [4.78, 5) is 14.6. The number of amides is 1. The number of thioether (sulfide) groups is 1. The van der Waals surface area contributed by atoms with Crippen LogP contribution in [0.15, 0.2) is 0 Å². The number of nitrogens with zero attached hydrogens (tertiary/aromatic N) is 1. The Morgan fingerprint density at radius 3 is 3.06 bits per heavy atom. The van der Waals surface area contributed by atoms with E-state index in [0.717, 1.165) is 38.2 Å². The fourth-order valence-corrected chi connectivity index (χ4v) is 3.96. The molecule has 0 radical (unpaired) electrons. The van der Waals surface area contributed by atoms with Crippen LogP contribution in [0.5, 0.6) is 0 Å². The van der Waals surface area contributed by atoms with Crippen molar-refractivity contribution in [2.75, 3.05) is 25.4 Å². The third-order valence-electron chi connectivity index (χ3n) is 3.88. The molecule has 98 valence electrons. The van der Waals surface area contributed by atoms with E-state index < -0.39 is 0 Å². The van der Waals surface area contributed by atoms with Gasteiger partial charge in [0.25, 0.3) is 0 Å². The molecule has 0 aromatic heterocycles. The quantitative estimate of drug-likeness (QED) is 0.816. The van der Waals surface area contributed by atoms with Gasteiger partial charge in [0.05, 0.1) is 0 Å². The van der Waals surface area contributed by atoms with E-state index in [9.17, 15) is 4.79 Å². The third-order valence-corrected chi connectivity index (χ3v) is 5.25. The maximum atomic E-state index is 12.4. The second-order valence-electron chi connectivity index (χ2n) is 5.26. The molecule has 2 aliphatic heterocycles. The van der Waals surface area contributed by atoms with Crippen LogP contribution in [-0.2, 0) is 4.79 Å². The fraction of sp³-hybridized carbons (Fsp3) is 0.923. The highest BCUT2D eigenvalue weighted by Crippen LogP contribution is 2.25. The largest absolute Gasteiger partial charge is 0.341 e. The minimum absolute atomic E-state index is 0.270. The SMILES string of the molecule is CCC1CN(C(=O)C2CCNC(C)C2)CCS1. The van der Waals surface area contributed by atoms with Crippen molar-refractivity contribution in [3.63, 3.8) is 0 Å². The lowest BCUT2D eigenvalue weighted by molar-refractivity contribution is -0.136. The van der Waals surface area contributed by atoms with E-state index in [0.29, 0.717) is 17.2 Å². The molecule has 4 heteroatoms. The molecule has 3 atom stereocenters. The first kappa shape index (κ1) is 13.2. The second kappa shape index (κ2) is 6.10. The smallest absolute Gasteiger partial charge is 0.225 e. The molecule has 2 fully saturated rings. The van der Waals surface area contributed by atoms with E-state index in [1.165, 1.54) is 6.42 Å². The van der Waals surface area contributed by atoms with E-state index in [4.69, 9.17) is 0 Å². The molecule has 0 aliphatic carbocycles. The highest BCUT2D eigenvalue weighted by molar-refractivity contribution is 8.00. The first-order valence-corrected chi connectivity index (χ1v) is 7.89. The zero-order valence-electron chi connectivity index (χ0n) is 10.9. The van der Waals surface area contributed by atoms with Crippen molar-refractivity contribution in [2.45, 2.75) is 44.4 Å². The Morgan fingerprint density at radius 1 is 1.53 bits per heavy atom. The van der Waals surface area contributed by atoms with Crippen molar-refractivity contribution in [1.82, 2.24) is 10.2 Å². The van der Waals surface area contributed by atoms with E-state index in [1.54, 1.807) is 0 Å². The maximum Gasteiger partial charge on any atom is 0.225 e. The summed E-state index contributed by atoms with van der Waals surface area (Å²) in [5, 5.41) is 4.07. The molecule has 0 aromatic carbocycles. The molecular weight excluding hydrogens is 232 g/mol. The van der Waals surface area contributed by atoms with Gasteiger partial charge in [-0.2, -0.15) is 11.8 Å². The van der Waals surface area contributed by atoms with E-state index in [-0.39, 0.29) is 5.92 Å².